The predicted octanol–water partition coefficient (Wildman–Crippen LogP) is 2.18. The van der Waals surface area contributed by atoms with Crippen molar-refractivity contribution >= 4 is 5.78 Å². The van der Waals surface area contributed by atoms with Gasteiger partial charge in [0.25, 0.3) is 0 Å². The molecule has 1 fully saturated rings. The fraction of sp³-hybridized carbons (Fsp3) is 0.700. The average Bonchev–Trinajstić information content (AvgIpc) is 2.45. The van der Waals surface area contributed by atoms with Crippen molar-refractivity contribution in [2.24, 2.45) is 17.8 Å². The lowest BCUT2D eigenvalue weighted by molar-refractivity contribution is -0.118. The van der Waals surface area contributed by atoms with Crippen molar-refractivity contribution in [1.82, 2.24) is 0 Å². The first-order valence-electron chi connectivity index (χ1n) is 4.43. The van der Waals surface area contributed by atoms with Gasteiger partial charge in [0, 0.05) is 6.42 Å². The highest BCUT2D eigenvalue weighted by Crippen LogP contribution is 2.44. The maximum absolute atomic E-state index is 10.9. The molecule has 1 heteroatoms. The molecule has 0 aromatic heterocycles. The quantitative estimate of drug-likeness (QED) is 0.551. The highest BCUT2D eigenvalue weighted by molar-refractivity contribution is 5.75. The number of fused-ring (bicyclic) bond motifs is 2. The van der Waals surface area contributed by atoms with Gasteiger partial charge in [0.05, 0.1) is 0 Å². The van der Waals surface area contributed by atoms with Gasteiger partial charge in [-0.25, -0.2) is 0 Å². The van der Waals surface area contributed by atoms with Crippen molar-refractivity contribution in [3.8, 4) is 0 Å². The van der Waals surface area contributed by atoms with Crippen LogP contribution in [0.5, 0.6) is 0 Å². The zero-order chi connectivity index (χ0) is 7.84. The van der Waals surface area contributed by atoms with Gasteiger partial charge in [0.15, 0.2) is 0 Å². The molecule has 60 valence electrons. The van der Waals surface area contributed by atoms with Gasteiger partial charge in [0.2, 0.25) is 0 Å². The van der Waals surface area contributed by atoms with Crippen LogP contribution in [0.1, 0.15) is 26.2 Å². The molecule has 0 N–H and O–H groups in total. The Hall–Kier alpha value is -0.590. The van der Waals surface area contributed by atoms with E-state index in [2.05, 4.69) is 12.2 Å². The van der Waals surface area contributed by atoms with Crippen LogP contribution >= 0.6 is 0 Å². The highest BCUT2D eigenvalue weighted by atomic mass is 16.1. The Kier molecular flexibility index (Phi) is 1.59. The van der Waals surface area contributed by atoms with Crippen molar-refractivity contribution in [1.29, 1.82) is 0 Å². The summed E-state index contributed by atoms with van der Waals surface area (Å²) in [5.41, 5.74) is 0. The fourth-order valence-corrected chi connectivity index (χ4v) is 2.50. The van der Waals surface area contributed by atoms with E-state index in [1.54, 1.807) is 6.92 Å². The first-order chi connectivity index (χ1) is 5.25. The van der Waals surface area contributed by atoms with Gasteiger partial charge in [-0.1, -0.05) is 12.2 Å². The number of Topliss-reactive ketones (excluding diaryl/α,β-unsaturated/α-hetero) is 1. The number of hydrogen-bond donors (Lipinski definition) is 0. The molecule has 11 heavy (non-hydrogen) atoms. The van der Waals surface area contributed by atoms with Crippen LogP contribution < -0.4 is 0 Å². The van der Waals surface area contributed by atoms with Gasteiger partial charge in [0.1, 0.15) is 5.78 Å². The van der Waals surface area contributed by atoms with E-state index in [0.717, 1.165) is 18.3 Å². The zero-order valence-corrected chi connectivity index (χ0v) is 6.92. The first kappa shape index (κ1) is 7.08. The van der Waals surface area contributed by atoms with Crippen molar-refractivity contribution in [2.75, 3.05) is 0 Å². The van der Waals surface area contributed by atoms with E-state index >= 15 is 0 Å². The minimum atomic E-state index is 0.357. The number of hydrogen-bond acceptors (Lipinski definition) is 1. The van der Waals surface area contributed by atoms with Gasteiger partial charge in [-0.2, -0.15) is 0 Å². The molecule has 0 radical (unpaired) electrons. The maximum Gasteiger partial charge on any atom is 0.130 e. The van der Waals surface area contributed by atoms with Crippen molar-refractivity contribution < 1.29 is 4.79 Å². The second-order valence-electron chi connectivity index (χ2n) is 3.95. The third-order valence-corrected chi connectivity index (χ3v) is 2.97. The largest absolute Gasteiger partial charge is 0.300 e. The molecule has 0 amide bonds. The lowest BCUT2D eigenvalue weighted by Crippen LogP contribution is -2.10. The molecular formula is C10H14O. The lowest BCUT2D eigenvalue weighted by atomic mass is 9.89. The van der Waals surface area contributed by atoms with E-state index in [9.17, 15) is 4.79 Å². The normalized spacial score (nSPS) is 39.9. The molecule has 1 saturated carbocycles. The maximum atomic E-state index is 10.9. The van der Waals surface area contributed by atoms with E-state index < -0.39 is 0 Å². The molecule has 2 aliphatic carbocycles. The topological polar surface area (TPSA) is 17.1 Å². The molecule has 2 bridgehead atoms. The number of carbonyl (C=O) groups excluding carboxylic acids is 1. The van der Waals surface area contributed by atoms with Crippen molar-refractivity contribution in [2.45, 2.75) is 26.2 Å². The van der Waals surface area contributed by atoms with Crippen LogP contribution in [0, 0.1) is 17.8 Å². The summed E-state index contributed by atoms with van der Waals surface area (Å²) in [6, 6.07) is 0. The molecule has 0 aromatic carbocycles. The average molecular weight is 150 g/mol. The van der Waals surface area contributed by atoms with Gasteiger partial charge >= 0.3 is 0 Å². The van der Waals surface area contributed by atoms with Crippen LogP contribution in [0.3, 0.4) is 0 Å². The Labute approximate surface area is 67.5 Å². The summed E-state index contributed by atoms with van der Waals surface area (Å²) in [7, 11) is 0. The first-order valence-corrected chi connectivity index (χ1v) is 4.43. The van der Waals surface area contributed by atoms with Gasteiger partial charge in [-0.05, 0) is 37.5 Å². The number of ketones is 1. The second kappa shape index (κ2) is 2.47. The number of rotatable bonds is 2. The Morgan fingerprint density at radius 1 is 1.45 bits per heavy atom. The molecule has 2 aliphatic rings. The monoisotopic (exact) mass is 150 g/mol. The summed E-state index contributed by atoms with van der Waals surface area (Å²) in [5.74, 6) is 2.59. The van der Waals surface area contributed by atoms with E-state index in [0.29, 0.717) is 11.7 Å². The number of allylic oxidation sites excluding steroid dienone is 2. The van der Waals surface area contributed by atoms with Crippen LogP contribution in [0.2, 0.25) is 0 Å². The fourth-order valence-electron chi connectivity index (χ4n) is 2.50. The smallest absolute Gasteiger partial charge is 0.130 e. The van der Waals surface area contributed by atoms with E-state index in [-0.39, 0.29) is 0 Å². The molecule has 0 saturated heterocycles. The second-order valence-corrected chi connectivity index (χ2v) is 3.95. The Morgan fingerprint density at radius 2 is 2.27 bits per heavy atom. The third kappa shape index (κ3) is 1.24. The minimum Gasteiger partial charge on any atom is -0.300 e. The van der Waals surface area contributed by atoms with Gasteiger partial charge in [-0.15, -0.1) is 0 Å². The SMILES string of the molecule is CC(=O)C[C@H]1C[C@H]2C=C[C@H]1C2. The van der Waals surface area contributed by atoms with E-state index in [1.807, 2.05) is 0 Å². The summed E-state index contributed by atoms with van der Waals surface area (Å²) < 4.78 is 0. The molecule has 0 spiro atoms. The summed E-state index contributed by atoms with van der Waals surface area (Å²) >= 11 is 0. The molecule has 2 rings (SSSR count). The zero-order valence-electron chi connectivity index (χ0n) is 6.92. The summed E-state index contributed by atoms with van der Waals surface area (Å²) in [6.07, 6.45) is 8.02. The van der Waals surface area contributed by atoms with E-state index in [1.165, 1.54) is 12.8 Å². The van der Waals surface area contributed by atoms with Crippen LogP contribution in [-0.4, -0.2) is 5.78 Å². The standard InChI is InChI=1S/C10H14O/c1-7(11)4-10-6-8-2-3-9(10)5-8/h2-3,8-10H,4-6H2,1H3/t8-,9-,10-/m0/s1. The summed E-state index contributed by atoms with van der Waals surface area (Å²) in [4.78, 5) is 10.9. The molecule has 0 aromatic rings. The predicted molar refractivity (Wildman–Crippen MR) is 44.1 cm³/mol. The number of carbonyl (C=O) groups is 1. The van der Waals surface area contributed by atoms with Gasteiger partial charge < -0.3 is 4.79 Å². The van der Waals surface area contributed by atoms with Crippen LogP contribution in [-0.2, 0) is 4.79 Å². The summed E-state index contributed by atoms with van der Waals surface area (Å²) in [5, 5.41) is 0. The Balaban J connectivity index is 1.98. The van der Waals surface area contributed by atoms with Gasteiger partial charge in [-0.3, -0.25) is 0 Å². The van der Waals surface area contributed by atoms with Crippen LogP contribution in [0.25, 0.3) is 0 Å². The lowest BCUT2D eigenvalue weighted by Gasteiger charge is -2.15. The van der Waals surface area contributed by atoms with Crippen LogP contribution in [0.15, 0.2) is 12.2 Å². The Bertz CT molecular complexity index is 205. The molecule has 3 atom stereocenters. The van der Waals surface area contributed by atoms with Crippen molar-refractivity contribution in [3.63, 3.8) is 0 Å². The van der Waals surface area contributed by atoms with Crippen molar-refractivity contribution in [3.05, 3.63) is 12.2 Å². The molecule has 0 unspecified atom stereocenters. The minimum absolute atomic E-state index is 0.357. The molecule has 0 heterocycles. The van der Waals surface area contributed by atoms with E-state index in [4.69, 9.17) is 0 Å². The molecular weight excluding hydrogens is 136 g/mol. The third-order valence-electron chi connectivity index (χ3n) is 2.97. The highest BCUT2D eigenvalue weighted by Gasteiger charge is 2.35. The van der Waals surface area contributed by atoms with Crippen LogP contribution in [0.4, 0.5) is 0 Å². The Morgan fingerprint density at radius 3 is 2.73 bits per heavy atom. The molecule has 0 aliphatic heterocycles. The molecule has 1 nitrogen and oxygen atoms in total. The summed E-state index contributed by atoms with van der Waals surface area (Å²) in [6.45, 7) is 1.70.